The molecule has 1 aromatic heterocycles. The fourth-order valence-electron chi connectivity index (χ4n) is 3.04. The lowest BCUT2D eigenvalue weighted by atomic mass is 10.1. The molecule has 0 aliphatic carbocycles. The first-order chi connectivity index (χ1) is 16.8. The summed E-state index contributed by atoms with van der Waals surface area (Å²) in [5.74, 6) is -1.40. The van der Waals surface area contributed by atoms with Crippen LogP contribution in [0, 0.1) is 11.3 Å². The Labute approximate surface area is 218 Å². The molecule has 0 aliphatic rings. The monoisotopic (exact) mass is 540 g/mol. The fraction of sp³-hybridized carbons (Fsp3) is 0.435. The molecule has 0 spiro atoms. The van der Waals surface area contributed by atoms with Crippen molar-refractivity contribution in [1.82, 2.24) is 20.2 Å². The molecule has 0 radical (unpaired) electrons. The van der Waals surface area contributed by atoms with Crippen molar-refractivity contribution >= 4 is 41.0 Å². The first-order valence-corrected chi connectivity index (χ1v) is 11.8. The maximum atomic E-state index is 13.5. The minimum atomic E-state index is -4.74. The van der Waals surface area contributed by atoms with E-state index in [9.17, 15) is 28.0 Å². The van der Waals surface area contributed by atoms with Crippen LogP contribution in [-0.2, 0) is 11.0 Å². The van der Waals surface area contributed by atoms with Gasteiger partial charge in [0.2, 0.25) is 11.9 Å². The van der Waals surface area contributed by atoms with Crippen LogP contribution in [0.2, 0.25) is 0 Å². The minimum Gasteiger partial charge on any atom is -0.368 e. The molecular formula is C23H31F3N8O2S. The lowest BCUT2D eigenvalue weighted by Crippen LogP contribution is -2.40. The SMILES string of the molecule is C.CSc1nc(N)nc(N(C)[C@@H](C)C(=O)Nc2cc(C(=O)NCCN(C)C)cc(C(F)(F)F)c2)c1C#N. The summed E-state index contributed by atoms with van der Waals surface area (Å²) >= 11 is 1.18. The van der Waals surface area contributed by atoms with Crippen LogP contribution in [0.4, 0.5) is 30.6 Å². The summed E-state index contributed by atoms with van der Waals surface area (Å²) in [6.45, 7) is 2.21. The molecule has 2 amide bonds. The van der Waals surface area contributed by atoms with Crippen LogP contribution in [0.25, 0.3) is 0 Å². The molecule has 0 saturated heterocycles. The average molecular weight is 541 g/mol. The Kier molecular flexibility index (Phi) is 11.1. The molecule has 0 bridgehead atoms. The van der Waals surface area contributed by atoms with Crippen molar-refractivity contribution in [2.45, 2.75) is 31.6 Å². The van der Waals surface area contributed by atoms with Crippen molar-refractivity contribution in [3.8, 4) is 6.07 Å². The highest BCUT2D eigenvalue weighted by Crippen LogP contribution is 2.32. The number of carbonyl (C=O) groups excluding carboxylic acids is 2. The number of anilines is 3. The number of halogens is 3. The zero-order chi connectivity index (χ0) is 27.2. The van der Waals surface area contributed by atoms with Crippen LogP contribution in [-0.4, -0.2) is 73.2 Å². The first-order valence-electron chi connectivity index (χ1n) is 10.6. The van der Waals surface area contributed by atoms with Gasteiger partial charge in [0.25, 0.3) is 5.91 Å². The standard InChI is InChI=1S/C22H27F3N8O2S.CH4/c1-12(33(4)17-16(11-26)20(36-5)31-21(27)30-17)18(34)29-15-9-13(8-14(10-15)22(23,24)25)19(35)28-6-7-32(2)3;/h8-10,12H,6-7H2,1-5H3,(H,28,35)(H,29,34)(H2,27,30,31);1H4/t12-;/m0./s1. The summed E-state index contributed by atoms with van der Waals surface area (Å²) in [5, 5.41) is 14.8. The molecule has 1 aromatic carbocycles. The quantitative estimate of drug-likeness (QED) is 0.323. The van der Waals surface area contributed by atoms with Gasteiger partial charge in [-0.25, -0.2) is 4.98 Å². The van der Waals surface area contributed by atoms with E-state index in [-0.39, 0.29) is 42.6 Å². The number of carbonyl (C=O) groups is 2. The molecule has 1 heterocycles. The van der Waals surface area contributed by atoms with E-state index in [2.05, 4.69) is 20.6 Å². The van der Waals surface area contributed by atoms with Crippen LogP contribution >= 0.6 is 11.8 Å². The van der Waals surface area contributed by atoms with E-state index in [0.29, 0.717) is 11.6 Å². The second-order valence-electron chi connectivity index (χ2n) is 8.03. The van der Waals surface area contributed by atoms with Gasteiger partial charge in [0.15, 0.2) is 5.82 Å². The van der Waals surface area contributed by atoms with Gasteiger partial charge in [-0.2, -0.15) is 23.4 Å². The third-order valence-corrected chi connectivity index (χ3v) is 5.79. The summed E-state index contributed by atoms with van der Waals surface area (Å²) < 4.78 is 40.5. The molecule has 202 valence electrons. The normalized spacial score (nSPS) is 11.8. The Balaban J connectivity index is 0.00000684. The number of nitrogens with two attached hydrogens (primary N) is 1. The number of aromatic nitrogens is 2. The number of alkyl halides is 3. The van der Waals surface area contributed by atoms with Gasteiger partial charge in [0.05, 0.1) is 5.56 Å². The number of hydrogen-bond acceptors (Lipinski definition) is 9. The molecular weight excluding hydrogens is 509 g/mol. The van der Waals surface area contributed by atoms with Crippen molar-refractivity contribution in [2.75, 3.05) is 56.4 Å². The molecule has 10 nitrogen and oxygen atoms in total. The first kappa shape index (κ1) is 31.5. The van der Waals surface area contributed by atoms with Crippen LogP contribution < -0.4 is 21.3 Å². The van der Waals surface area contributed by atoms with Crippen molar-refractivity contribution in [3.63, 3.8) is 0 Å². The van der Waals surface area contributed by atoms with E-state index >= 15 is 0 Å². The van der Waals surface area contributed by atoms with E-state index in [4.69, 9.17) is 5.73 Å². The summed E-state index contributed by atoms with van der Waals surface area (Å²) in [5.41, 5.74) is 4.29. The number of nitrogen functional groups attached to an aromatic ring is 1. The van der Waals surface area contributed by atoms with Gasteiger partial charge in [-0.15, -0.1) is 11.8 Å². The average Bonchev–Trinajstić information content (AvgIpc) is 2.81. The summed E-state index contributed by atoms with van der Waals surface area (Å²) in [6.07, 6.45) is -3.04. The van der Waals surface area contributed by atoms with Crippen LogP contribution in [0.3, 0.4) is 0 Å². The smallest absolute Gasteiger partial charge is 0.368 e. The number of hydrogen-bond donors (Lipinski definition) is 3. The Morgan fingerprint density at radius 2 is 1.86 bits per heavy atom. The Bertz CT molecular complexity index is 1170. The number of nitrogens with one attached hydrogen (secondary N) is 2. The Hall–Kier alpha value is -3.57. The molecule has 0 saturated carbocycles. The van der Waals surface area contributed by atoms with Gasteiger partial charge < -0.3 is 26.2 Å². The number of nitriles is 1. The number of rotatable bonds is 9. The van der Waals surface area contributed by atoms with Gasteiger partial charge in [-0.1, -0.05) is 7.43 Å². The third kappa shape index (κ3) is 8.22. The van der Waals surface area contributed by atoms with E-state index in [0.717, 1.165) is 12.1 Å². The molecule has 0 unspecified atom stereocenters. The second kappa shape index (κ2) is 13.1. The zero-order valence-electron chi connectivity index (χ0n) is 20.4. The maximum absolute atomic E-state index is 13.5. The topological polar surface area (TPSA) is 140 Å². The van der Waals surface area contributed by atoms with Gasteiger partial charge in [-0.05, 0) is 45.5 Å². The summed E-state index contributed by atoms with van der Waals surface area (Å²) in [7, 11) is 5.08. The zero-order valence-corrected chi connectivity index (χ0v) is 21.2. The van der Waals surface area contributed by atoms with Crippen molar-refractivity contribution in [2.24, 2.45) is 0 Å². The van der Waals surface area contributed by atoms with E-state index < -0.39 is 29.6 Å². The molecule has 0 fully saturated rings. The summed E-state index contributed by atoms with van der Waals surface area (Å²) in [6, 6.07) is 3.65. The van der Waals surface area contributed by atoms with Crippen molar-refractivity contribution in [3.05, 3.63) is 34.9 Å². The van der Waals surface area contributed by atoms with E-state index in [1.54, 1.807) is 25.3 Å². The lowest BCUT2D eigenvalue weighted by Gasteiger charge is -2.26. The number of nitrogens with zero attached hydrogens (tertiary/aromatic N) is 5. The third-order valence-electron chi connectivity index (χ3n) is 5.11. The van der Waals surface area contributed by atoms with E-state index in [1.165, 1.54) is 36.7 Å². The molecule has 37 heavy (non-hydrogen) atoms. The van der Waals surface area contributed by atoms with E-state index in [1.807, 2.05) is 6.07 Å². The minimum absolute atomic E-state index is 0. The molecule has 14 heteroatoms. The highest BCUT2D eigenvalue weighted by Gasteiger charge is 2.32. The Morgan fingerprint density at radius 3 is 2.41 bits per heavy atom. The molecule has 0 aliphatic heterocycles. The number of amides is 2. The van der Waals surface area contributed by atoms with Gasteiger partial charge >= 0.3 is 6.18 Å². The van der Waals surface area contributed by atoms with Crippen LogP contribution in [0.5, 0.6) is 0 Å². The Morgan fingerprint density at radius 1 is 1.22 bits per heavy atom. The predicted octanol–water partition coefficient (Wildman–Crippen LogP) is 3.06. The number of likely N-dealkylation sites (N-methyl/N-ethyl adjacent to an activating group) is 2. The van der Waals surface area contributed by atoms with Gasteiger partial charge in [0, 0.05) is 31.4 Å². The van der Waals surface area contributed by atoms with Crippen LogP contribution in [0.1, 0.15) is 35.8 Å². The fourth-order valence-corrected chi connectivity index (χ4v) is 3.57. The van der Waals surface area contributed by atoms with Crippen LogP contribution in [0.15, 0.2) is 23.2 Å². The second-order valence-corrected chi connectivity index (χ2v) is 8.83. The molecule has 2 rings (SSSR count). The largest absolute Gasteiger partial charge is 0.416 e. The molecule has 1 atom stereocenters. The highest BCUT2D eigenvalue weighted by atomic mass is 32.2. The van der Waals surface area contributed by atoms with Gasteiger partial charge in [-0.3, -0.25) is 9.59 Å². The number of benzene rings is 1. The van der Waals surface area contributed by atoms with Crippen molar-refractivity contribution in [1.29, 1.82) is 5.26 Å². The highest BCUT2D eigenvalue weighted by molar-refractivity contribution is 7.98. The van der Waals surface area contributed by atoms with Gasteiger partial charge in [0.1, 0.15) is 22.7 Å². The summed E-state index contributed by atoms with van der Waals surface area (Å²) in [4.78, 5) is 36.6. The molecule has 4 N–H and O–H groups in total. The predicted molar refractivity (Wildman–Crippen MR) is 138 cm³/mol. The lowest BCUT2D eigenvalue weighted by molar-refractivity contribution is -0.137. The van der Waals surface area contributed by atoms with Crippen molar-refractivity contribution < 1.29 is 22.8 Å². The molecule has 2 aromatic rings. The maximum Gasteiger partial charge on any atom is 0.416 e. The number of thioether (sulfide) groups is 1.